The monoisotopic (exact) mass is 279 g/mol. The maximum atomic E-state index is 5.82. The average Bonchev–Trinajstić information content (AvgIpc) is 2.33. The minimum Gasteiger partial charge on any atom is -0.389 e. The summed E-state index contributed by atoms with van der Waals surface area (Å²) in [4.78, 5) is 7.38. The summed E-state index contributed by atoms with van der Waals surface area (Å²) in [6, 6.07) is 4.33. The maximum Gasteiger partial charge on any atom is 0.139 e. The van der Waals surface area contributed by atoms with Gasteiger partial charge in [0.05, 0.1) is 5.56 Å². The minimum absolute atomic E-state index is 0.388. The van der Waals surface area contributed by atoms with Gasteiger partial charge >= 0.3 is 0 Å². The fourth-order valence-corrected chi connectivity index (χ4v) is 2.25. The molecular formula is C15H25N3S. The Kier molecular flexibility index (Phi) is 6.22. The molecule has 0 aromatic carbocycles. The molecular weight excluding hydrogens is 254 g/mol. The molecule has 1 rings (SSSR count). The van der Waals surface area contributed by atoms with E-state index in [9.17, 15) is 0 Å². The first kappa shape index (κ1) is 15.9. The van der Waals surface area contributed by atoms with Crippen molar-refractivity contribution in [2.75, 3.05) is 11.4 Å². The molecule has 19 heavy (non-hydrogen) atoms. The van der Waals surface area contributed by atoms with Crippen molar-refractivity contribution in [3.63, 3.8) is 0 Å². The molecule has 0 saturated heterocycles. The van der Waals surface area contributed by atoms with Crippen molar-refractivity contribution >= 4 is 23.0 Å². The van der Waals surface area contributed by atoms with Gasteiger partial charge in [0, 0.05) is 18.3 Å². The molecule has 0 aliphatic rings. The first-order valence-corrected chi connectivity index (χ1v) is 7.42. The van der Waals surface area contributed by atoms with E-state index in [4.69, 9.17) is 18.0 Å². The summed E-state index contributed by atoms with van der Waals surface area (Å²) in [7, 11) is 0. The number of aromatic nitrogens is 1. The molecule has 2 N–H and O–H groups in total. The minimum atomic E-state index is 0.388. The third kappa shape index (κ3) is 4.46. The van der Waals surface area contributed by atoms with Crippen LogP contribution in [0.3, 0.4) is 0 Å². The summed E-state index contributed by atoms with van der Waals surface area (Å²) in [6.45, 7) is 9.57. The summed E-state index contributed by atoms with van der Waals surface area (Å²) in [5, 5.41) is 0. The topological polar surface area (TPSA) is 42.2 Å². The van der Waals surface area contributed by atoms with Gasteiger partial charge in [-0.2, -0.15) is 0 Å². The highest BCUT2D eigenvalue weighted by Gasteiger charge is 2.17. The van der Waals surface area contributed by atoms with Gasteiger partial charge in [-0.3, -0.25) is 0 Å². The molecule has 0 saturated carbocycles. The standard InChI is InChI=1S/C15H25N3S/c1-5-6-7-10-18(11(2)3)15-13(14(16)19)9-8-12(4)17-15/h8-9,11H,5-7,10H2,1-4H3,(H2,16,19). The Balaban J connectivity index is 3.06. The number of hydrogen-bond acceptors (Lipinski definition) is 3. The van der Waals surface area contributed by atoms with Crippen molar-refractivity contribution in [1.29, 1.82) is 0 Å². The highest BCUT2D eigenvalue weighted by Crippen LogP contribution is 2.21. The van der Waals surface area contributed by atoms with Crippen molar-refractivity contribution in [3.8, 4) is 0 Å². The lowest BCUT2D eigenvalue weighted by atomic mass is 10.1. The number of thiocarbonyl (C=S) groups is 1. The molecule has 106 valence electrons. The van der Waals surface area contributed by atoms with Crippen LogP contribution in [0.4, 0.5) is 5.82 Å². The first-order valence-electron chi connectivity index (χ1n) is 7.01. The molecule has 0 unspecified atom stereocenters. The molecule has 0 fully saturated rings. The molecule has 1 aromatic heterocycles. The van der Waals surface area contributed by atoms with Crippen molar-refractivity contribution in [2.24, 2.45) is 5.73 Å². The van der Waals surface area contributed by atoms with Crippen LogP contribution in [0.5, 0.6) is 0 Å². The lowest BCUT2D eigenvalue weighted by Gasteiger charge is -2.30. The van der Waals surface area contributed by atoms with E-state index >= 15 is 0 Å². The van der Waals surface area contributed by atoms with Gasteiger partial charge in [0.1, 0.15) is 10.8 Å². The van der Waals surface area contributed by atoms with Gasteiger partial charge < -0.3 is 10.6 Å². The van der Waals surface area contributed by atoms with Gasteiger partial charge in [0.15, 0.2) is 0 Å². The number of anilines is 1. The van der Waals surface area contributed by atoms with Gasteiger partial charge in [0.2, 0.25) is 0 Å². The number of hydrogen-bond donors (Lipinski definition) is 1. The summed E-state index contributed by atoms with van der Waals surface area (Å²) < 4.78 is 0. The molecule has 1 heterocycles. The predicted molar refractivity (Wildman–Crippen MR) is 86.9 cm³/mol. The van der Waals surface area contributed by atoms with Gasteiger partial charge in [-0.25, -0.2) is 4.98 Å². The zero-order valence-corrected chi connectivity index (χ0v) is 13.3. The normalized spacial score (nSPS) is 10.8. The van der Waals surface area contributed by atoms with Crippen molar-refractivity contribution in [3.05, 3.63) is 23.4 Å². The Morgan fingerprint density at radius 3 is 2.58 bits per heavy atom. The molecule has 0 spiro atoms. The molecule has 3 nitrogen and oxygen atoms in total. The largest absolute Gasteiger partial charge is 0.389 e. The molecule has 0 amide bonds. The van der Waals surface area contributed by atoms with Gasteiger partial charge in [-0.15, -0.1) is 0 Å². The SMILES string of the molecule is CCCCCN(c1nc(C)ccc1C(N)=S)C(C)C. The number of nitrogens with two attached hydrogens (primary N) is 1. The predicted octanol–water partition coefficient (Wildman–Crippen LogP) is 3.43. The van der Waals surface area contributed by atoms with Crippen LogP contribution in [-0.4, -0.2) is 22.6 Å². The Bertz CT molecular complexity index is 429. The Morgan fingerprint density at radius 1 is 1.37 bits per heavy atom. The van der Waals surface area contributed by atoms with Crippen LogP contribution in [0.2, 0.25) is 0 Å². The molecule has 0 aliphatic heterocycles. The van der Waals surface area contributed by atoms with E-state index in [2.05, 4.69) is 30.7 Å². The Labute approximate surface area is 122 Å². The second-order valence-corrected chi connectivity index (χ2v) is 5.62. The zero-order valence-electron chi connectivity index (χ0n) is 12.4. The summed E-state index contributed by atoms with van der Waals surface area (Å²) in [5.41, 5.74) is 7.70. The van der Waals surface area contributed by atoms with E-state index in [1.54, 1.807) is 0 Å². The van der Waals surface area contributed by atoms with Crippen molar-refractivity contribution in [2.45, 2.75) is 53.0 Å². The molecule has 0 radical (unpaired) electrons. The number of unbranched alkanes of at least 4 members (excludes halogenated alkanes) is 2. The van der Waals surface area contributed by atoms with E-state index < -0.39 is 0 Å². The molecule has 4 heteroatoms. The third-order valence-electron chi connectivity index (χ3n) is 3.18. The highest BCUT2D eigenvalue weighted by atomic mass is 32.1. The van der Waals surface area contributed by atoms with Crippen molar-refractivity contribution in [1.82, 2.24) is 4.98 Å². The fraction of sp³-hybridized carbons (Fsp3) is 0.600. The summed E-state index contributed by atoms with van der Waals surface area (Å²) in [5.74, 6) is 0.929. The van der Waals surface area contributed by atoms with E-state index in [0.29, 0.717) is 11.0 Å². The van der Waals surface area contributed by atoms with E-state index in [1.807, 2.05) is 19.1 Å². The van der Waals surface area contributed by atoms with Crippen LogP contribution < -0.4 is 10.6 Å². The van der Waals surface area contributed by atoms with Gasteiger partial charge in [-0.1, -0.05) is 32.0 Å². The van der Waals surface area contributed by atoms with Crippen LogP contribution in [-0.2, 0) is 0 Å². The average molecular weight is 279 g/mol. The second-order valence-electron chi connectivity index (χ2n) is 5.18. The summed E-state index contributed by atoms with van der Waals surface area (Å²) in [6.07, 6.45) is 3.62. The zero-order chi connectivity index (χ0) is 14.4. The van der Waals surface area contributed by atoms with E-state index in [0.717, 1.165) is 23.6 Å². The van der Waals surface area contributed by atoms with Crippen LogP contribution in [0.25, 0.3) is 0 Å². The smallest absolute Gasteiger partial charge is 0.139 e. The van der Waals surface area contributed by atoms with Gasteiger partial charge in [0.25, 0.3) is 0 Å². The van der Waals surface area contributed by atoms with Crippen LogP contribution in [0, 0.1) is 6.92 Å². The Morgan fingerprint density at radius 2 is 2.05 bits per heavy atom. The molecule has 0 aliphatic carbocycles. The number of rotatable bonds is 7. The third-order valence-corrected chi connectivity index (χ3v) is 3.40. The van der Waals surface area contributed by atoms with Gasteiger partial charge in [-0.05, 0) is 39.3 Å². The van der Waals surface area contributed by atoms with Crippen LogP contribution >= 0.6 is 12.2 Å². The molecule has 0 atom stereocenters. The van der Waals surface area contributed by atoms with Crippen LogP contribution in [0.1, 0.15) is 51.3 Å². The number of nitrogens with zero attached hydrogens (tertiary/aromatic N) is 2. The van der Waals surface area contributed by atoms with E-state index in [1.165, 1.54) is 19.3 Å². The molecule has 0 bridgehead atoms. The lowest BCUT2D eigenvalue weighted by Crippen LogP contribution is -2.34. The van der Waals surface area contributed by atoms with E-state index in [-0.39, 0.29) is 0 Å². The first-order chi connectivity index (χ1) is 8.97. The maximum absolute atomic E-state index is 5.82. The molecule has 1 aromatic rings. The number of pyridine rings is 1. The quantitative estimate of drug-likeness (QED) is 0.613. The fourth-order valence-electron chi connectivity index (χ4n) is 2.10. The lowest BCUT2D eigenvalue weighted by molar-refractivity contribution is 0.619. The summed E-state index contributed by atoms with van der Waals surface area (Å²) >= 11 is 5.15. The number of aryl methyl sites for hydroxylation is 1. The Hall–Kier alpha value is -1.16. The van der Waals surface area contributed by atoms with Crippen LogP contribution in [0.15, 0.2) is 12.1 Å². The van der Waals surface area contributed by atoms with Crippen molar-refractivity contribution < 1.29 is 0 Å². The second kappa shape index (κ2) is 7.43. The highest BCUT2D eigenvalue weighted by molar-refractivity contribution is 7.80.